The number of hydrogen-bond acceptors (Lipinski definition) is 3. The van der Waals surface area contributed by atoms with E-state index >= 15 is 0 Å². The summed E-state index contributed by atoms with van der Waals surface area (Å²) in [7, 11) is 0. The minimum Gasteiger partial charge on any atom is -0.359 e. The normalized spacial score (nSPS) is 12.4. The molecule has 0 spiro atoms. The molecule has 0 aromatic carbocycles. The standard InChI is InChI=1S/C11H13BrN4/c1-2-9(11-14-6-7-15-11)16-10-8(12)4-3-5-13-10/h3-7,9H,2H2,1H3,(H,13,16)(H,14,15). The summed E-state index contributed by atoms with van der Waals surface area (Å²) in [5, 5.41) is 3.35. The predicted molar refractivity (Wildman–Crippen MR) is 67.2 cm³/mol. The van der Waals surface area contributed by atoms with Crippen LogP contribution in [0.25, 0.3) is 0 Å². The third-order valence-corrected chi connectivity index (χ3v) is 2.97. The van der Waals surface area contributed by atoms with Crippen LogP contribution in [0.1, 0.15) is 25.2 Å². The Kier molecular flexibility index (Phi) is 3.56. The van der Waals surface area contributed by atoms with E-state index in [0.717, 1.165) is 22.5 Å². The molecule has 0 aliphatic rings. The number of nitrogens with one attached hydrogen (secondary N) is 2. The van der Waals surface area contributed by atoms with Gasteiger partial charge in [-0.05, 0) is 34.5 Å². The van der Waals surface area contributed by atoms with E-state index in [2.05, 4.69) is 43.1 Å². The van der Waals surface area contributed by atoms with Gasteiger partial charge in [0.1, 0.15) is 11.6 Å². The molecule has 0 aliphatic carbocycles. The third-order valence-electron chi connectivity index (χ3n) is 2.33. The van der Waals surface area contributed by atoms with Crippen molar-refractivity contribution in [1.82, 2.24) is 15.0 Å². The van der Waals surface area contributed by atoms with Gasteiger partial charge in [-0.15, -0.1) is 0 Å². The molecule has 5 heteroatoms. The molecule has 2 rings (SSSR count). The van der Waals surface area contributed by atoms with Crippen LogP contribution in [0, 0.1) is 0 Å². The van der Waals surface area contributed by atoms with Gasteiger partial charge in [-0.3, -0.25) is 0 Å². The van der Waals surface area contributed by atoms with Crippen LogP contribution < -0.4 is 5.32 Å². The van der Waals surface area contributed by atoms with Crippen LogP contribution in [0.4, 0.5) is 5.82 Å². The second kappa shape index (κ2) is 5.12. The Hall–Kier alpha value is -1.36. The summed E-state index contributed by atoms with van der Waals surface area (Å²) in [4.78, 5) is 11.6. The van der Waals surface area contributed by atoms with Gasteiger partial charge in [0.2, 0.25) is 0 Å². The highest BCUT2D eigenvalue weighted by Gasteiger charge is 2.12. The number of rotatable bonds is 4. The van der Waals surface area contributed by atoms with Gasteiger partial charge >= 0.3 is 0 Å². The summed E-state index contributed by atoms with van der Waals surface area (Å²) < 4.78 is 0.958. The van der Waals surface area contributed by atoms with E-state index in [1.165, 1.54) is 0 Å². The average Bonchev–Trinajstić information content (AvgIpc) is 2.81. The van der Waals surface area contributed by atoms with Crippen LogP contribution in [0.2, 0.25) is 0 Å². The number of pyridine rings is 1. The summed E-state index contributed by atoms with van der Waals surface area (Å²) in [6, 6.07) is 4.01. The van der Waals surface area contributed by atoms with Crippen molar-refractivity contribution >= 4 is 21.7 Å². The van der Waals surface area contributed by atoms with Crippen LogP contribution >= 0.6 is 15.9 Å². The molecule has 84 valence electrons. The summed E-state index contributed by atoms with van der Waals surface area (Å²) in [6.45, 7) is 2.11. The maximum absolute atomic E-state index is 4.28. The molecule has 4 nitrogen and oxygen atoms in total. The van der Waals surface area contributed by atoms with E-state index in [-0.39, 0.29) is 6.04 Å². The predicted octanol–water partition coefficient (Wildman–Crippen LogP) is 3.13. The number of halogens is 1. The van der Waals surface area contributed by atoms with Crippen molar-refractivity contribution in [3.8, 4) is 0 Å². The molecule has 2 heterocycles. The molecule has 0 aliphatic heterocycles. The number of hydrogen-bond donors (Lipinski definition) is 2. The molecule has 0 saturated carbocycles. The van der Waals surface area contributed by atoms with Gasteiger partial charge in [-0.1, -0.05) is 6.92 Å². The zero-order chi connectivity index (χ0) is 11.4. The van der Waals surface area contributed by atoms with Crippen molar-refractivity contribution in [3.05, 3.63) is 41.0 Å². The largest absolute Gasteiger partial charge is 0.359 e. The molecule has 2 aromatic heterocycles. The van der Waals surface area contributed by atoms with E-state index in [0.29, 0.717) is 0 Å². The number of H-pyrrole nitrogens is 1. The number of aromatic nitrogens is 3. The van der Waals surface area contributed by atoms with Gasteiger partial charge in [0.15, 0.2) is 0 Å². The van der Waals surface area contributed by atoms with Gasteiger partial charge in [-0.25, -0.2) is 9.97 Å². The first kappa shape index (κ1) is 11.1. The van der Waals surface area contributed by atoms with E-state index in [9.17, 15) is 0 Å². The Bertz CT molecular complexity index is 441. The Labute approximate surface area is 103 Å². The number of aromatic amines is 1. The SMILES string of the molecule is CCC(Nc1ncccc1Br)c1ncc[nH]1. The first-order valence-electron chi connectivity index (χ1n) is 5.17. The second-order valence-corrected chi connectivity index (χ2v) is 4.27. The fourth-order valence-corrected chi connectivity index (χ4v) is 1.86. The molecule has 1 unspecified atom stereocenters. The molecule has 1 atom stereocenters. The van der Waals surface area contributed by atoms with Crippen LogP contribution in [-0.2, 0) is 0 Å². The molecule has 0 radical (unpaired) electrons. The molecule has 2 aromatic rings. The van der Waals surface area contributed by atoms with Gasteiger partial charge in [0, 0.05) is 18.6 Å². The quantitative estimate of drug-likeness (QED) is 0.905. The molecule has 0 amide bonds. The minimum absolute atomic E-state index is 0.154. The fourth-order valence-electron chi connectivity index (χ4n) is 1.49. The van der Waals surface area contributed by atoms with E-state index in [1.54, 1.807) is 12.4 Å². The number of imidazole rings is 1. The van der Waals surface area contributed by atoms with E-state index in [1.807, 2.05) is 18.3 Å². The van der Waals surface area contributed by atoms with Crippen LogP contribution in [0.5, 0.6) is 0 Å². The average molecular weight is 281 g/mol. The topological polar surface area (TPSA) is 53.6 Å². The van der Waals surface area contributed by atoms with Gasteiger partial charge in [-0.2, -0.15) is 0 Å². The Morgan fingerprint density at radius 1 is 1.44 bits per heavy atom. The first-order chi connectivity index (χ1) is 7.81. The van der Waals surface area contributed by atoms with Gasteiger partial charge < -0.3 is 10.3 Å². The van der Waals surface area contributed by atoms with Crippen LogP contribution in [0.15, 0.2) is 35.2 Å². The van der Waals surface area contributed by atoms with E-state index in [4.69, 9.17) is 0 Å². The van der Waals surface area contributed by atoms with Crippen molar-refractivity contribution in [2.24, 2.45) is 0 Å². The van der Waals surface area contributed by atoms with E-state index < -0.39 is 0 Å². The number of nitrogens with zero attached hydrogens (tertiary/aromatic N) is 2. The first-order valence-corrected chi connectivity index (χ1v) is 5.97. The lowest BCUT2D eigenvalue weighted by Crippen LogP contribution is -2.12. The maximum atomic E-state index is 4.28. The minimum atomic E-state index is 0.154. The zero-order valence-corrected chi connectivity index (χ0v) is 10.5. The summed E-state index contributed by atoms with van der Waals surface area (Å²) in [6.07, 6.45) is 6.29. The van der Waals surface area contributed by atoms with Crippen LogP contribution in [-0.4, -0.2) is 15.0 Å². The van der Waals surface area contributed by atoms with Crippen LogP contribution in [0.3, 0.4) is 0 Å². The molecule has 0 fully saturated rings. The lowest BCUT2D eigenvalue weighted by molar-refractivity contribution is 0.699. The van der Waals surface area contributed by atoms with Crippen molar-refractivity contribution in [2.75, 3.05) is 5.32 Å². The maximum Gasteiger partial charge on any atom is 0.140 e. The summed E-state index contributed by atoms with van der Waals surface area (Å²) in [5.74, 6) is 1.77. The Morgan fingerprint density at radius 2 is 2.31 bits per heavy atom. The summed E-state index contributed by atoms with van der Waals surface area (Å²) in [5.41, 5.74) is 0. The molecular weight excluding hydrogens is 268 g/mol. The molecule has 16 heavy (non-hydrogen) atoms. The monoisotopic (exact) mass is 280 g/mol. The second-order valence-electron chi connectivity index (χ2n) is 3.41. The molecule has 0 saturated heterocycles. The van der Waals surface area contributed by atoms with Crippen molar-refractivity contribution < 1.29 is 0 Å². The zero-order valence-electron chi connectivity index (χ0n) is 8.94. The molecule has 2 N–H and O–H groups in total. The van der Waals surface area contributed by atoms with Gasteiger partial charge in [0.05, 0.1) is 10.5 Å². The highest BCUT2D eigenvalue weighted by Crippen LogP contribution is 2.24. The van der Waals surface area contributed by atoms with Gasteiger partial charge in [0.25, 0.3) is 0 Å². The Morgan fingerprint density at radius 3 is 2.94 bits per heavy atom. The smallest absolute Gasteiger partial charge is 0.140 e. The Balaban J connectivity index is 2.17. The summed E-state index contributed by atoms with van der Waals surface area (Å²) >= 11 is 3.46. The molecule has 0 bridgehead atoms. The lowest BCUT2D eigenvalue weighted by Gasteiger charge is -2.15. The third kappa shape index (κ3) is 2.41. The lowest BCUT2D eigenvalue weighted by atomic mass is 10.2. The highest BCUT2D eigenvalue weighted by molar-refractivity contribution is 9.10. The fraction of sp³-hybridized carbons (Fsp3) is 0.273. The van der Waals surface area contributed by atoms with Crippen molar-refractivity contribution in [1.29, 1.82) is 0 Å². The highest BCUT2D eigenvalue weighted by atomic mass is 79.9. The molecular formula is C11H13BrN4. The van der Waals surface area contributed by atoms with Crippen molar-refractivity contribution in [2.45, 2.75) is 19.4 Å². The number of anilines is 1. The van der Waals surface area contributed by atoms with Crippen molar-refractivity contribution in [3.63, 3.8) is 0 Å².